The van der Waals surface area contributed by atoms with Gasteiger partial charge in [0.1, 0.15) is 20.1 Å². The van der Waals surface area contributed by atoms with Crippen molar-refractivity contribution < 1.29 is 17.7 Å². The van der Waals surface area contributed by atoms with Crippen LogP contribution >= 0.6 is 92.8 Å². The molecule has 25 heavy (non-hydrogen) atoms. The molecule has 2 aromatic carbocycles. The zero-order chi connectivity index (χ0) is 18.3. The van der Waals surface area contributed by atoms with Gasteiger partial charge in [0.05, 0.1) is 20.1 Å². The minimum Gasteiger partial charge on any atom is -0.447 e. The van der Waals surface area contributed by atoms with Crippen LogP contribution in [0.15, 0.2) is 0 Å². The van der Waals surface area contributed by atoms with Gasteiger partial charge in [0.15, 0.2) is 23.0 Å². The summed E-state index contributed by atoms with van der Waals surface area (Å²) in [5.41, 5.74) is 0. The van der Waals surface area contributed by atoms with Gasteiger partial charge in [-0.15, -0.1) is 0 Å². The van der Waals surface area contributed by atoms with Crippen molar-refractivity contribution in [1.29, 1.82) is 0 Å². The van der Waals surface area contributed by atoms with Crippen molar-refractivity contribution in [1.82, 2.24) is 0 Å². The molecule has 0 aliphatic carbocycles. The van der Waals surface area contributed by atoms with Crippen LogP contribution in [0.5, 0.6) is 23.0 Å². The highest BCUT2D eigenvalue weighted by Crippen LogP contribution is 2.59. The first-order chi connectivity index (χ1) is 11.7. The van der Waals surface area contributed by atoms with Gasteiger partial charge in [-0.3, -0.25) is 0 Å². The normalized spacial score (nSPS) is 16.0. The summed E-state index contributed by atoms with van der Waals surface area (Å²) in [6.45, 7) is 0. The van der Waals surface area contributed by atoms with Crippen LogP contribution in [0.1, 0.15) is 0 Å². The number of hydrogen-bond acceptors (Lipinski definition) is 4. The van der Waals surface area contributed by atoms with Gasteiger partial charge in [-0.05, 0) is 0 Å². The van der Waals surface area contributed by atoms with Gasteiger partial charge in [-0.25, -0.2) is 0 Å². The van der Waals surface area contributed by atoms with Crippen LogP contribution in [0.2, 0.25) is 40.2 Å². The largest absolute Gasteiger partial charge is 0.967 e. The second-order valence-electron chi connectivity index (χ2n) is 4.74. The molecule has 0 amide bonds. The molecule has 0 bridgehead atoms. The van der Waals surface area contributed by atoms with Crippen molar-refractivity contribution in [2.24, 2.45) is 0 Å². The van der Waals surface area contributed by atoms with Crippen molar-refractivity contribution in [2.75, 3.05) is 0 Å². The summed E-state index contributed by atoms with van der Waals surface area (Å²) in [6.07, 6.45) is 0. The molecule has 0 atom stereocenters. The van der Waals surface area contributed by atoms with Gasteiger partial charge in [0.2, 0.25) is 0 Å². The van der Waals surface area contributed by atoms with E-state index in [1.807, 2.05) is 0 Å². The minimum absolute atomic E-state index is 0.000557. The number of benzene rings is 2. The van der Waals surface area contributed by atoms with Gasteiger partial charge < -0.3 is 17.7 Å². The molecule has 0 unspecified atom stereocenters. The van der Waals surface area contributed by atoms with E-state index in [1.54, 1.807) is 0 Å². The Morgan fingerprint density at radius 2 is 0.560 bits per heavy atom. The molecule has 13 heteroatoms. The van der Waals surface area contributed by atoms with Crippen LogP contribution < -0.4 is 17.7 Å². The van der Waals surface area contributed by atoms with Crippen molar-refractivity contribution in [3.8, 4) is 23.0 Å². The first kappa shape index (κ1) is 18.5. The molecule has 132 valence electrons. The van der Waals surface area contributed by atoms with E-state index in [1.165, 1.54) is 0 Å². The van der Waals surface area contributed by atoms with Gasteiger partial charge >= 0.3 is 9.05 Å². The van der Waals surface area contributed by atoms with Crippen molar-refractivity contribution in [3.05, 3.63) is 40.2 Å². The Labute approximate surface area is 181 Å². The Kier molecular flexibility index (Phi) is 4.52. The summed E-state index contributed by atoms with van der Waals surface area (Å²) < 4.78 is 22.7. The number of fused-ring (bicyclic) bond motifs is 2. The summed E-state index contributed by atoms with van der Waals surface area (Å²) in [5.74, 6) is 0.130. The number of hydrogen-bond donors (Lipinski definition) is 0. The van der Waals surface area contributed by atoms with Crippen LogP contribution in [0.3, 0.4) is 0 Å². The average molecular weight is 520 g/mol. The maximum absolute atomic E-state index is 6.14. The lowest BCUT2D eigenvalue weighted by Crippen LogP contribution is -2.54. The molecule has 2 aliphatic heterocycles. The van der Waals surface area contributed by atoms with Gasteiger partial charge in [-0.1, -0.05) is 92.8 Å². The summed E-state index contributed by atoms with van der Waals surface area (Å²) >= 11 is 48.6. The fourth-order valence-corrected chi connectivity index (χ4v) is 6.25. The second kappa shape index (κ2) is 6.09. The fraction of sp³-hybridized carbons (Fsp3) is 0. The van der Waals surface area contributed by atoms with E-state index in [2.05, 4.69) is 0 Å². The molecule has 2 aromatic rings. The van der Waals surface area contributed by atoms with E-state index >= 15 is 0 Å². The highest BCUT2D eigenvalue weighted by molar-refractivity contribution is 6.63. The summed E-state index contributed by atoms with van der Waals surface area (Å²) in [7, 11) is -3.87. The van der Waals surface area contributed by atoms with E-state index in [0.29, 0.717) is 0 Å². The van der Waals surface area contributed by atoms with Crippen molar-refractivity contribution >= 4 is 102 Å². The predicted molar refractivity (Wildman–Crippen MR) is 101 cm³/mol. The molecule has 4 rings (SSSR count). The van der Waals surface area contributed by atoms with E-state index in [-0.39, 0.29) is 63.2 Å². The molecule has 0 N–H and O–H groups in total. The molecule has 0 aromatic heterocycles. The number of halogens is 8. The monoisotopic (exact) mass is 516 g/mol. The SMILES string of the molecule is Clc1c(Cl)c(Cl)c2c(c1Cl)O[Si]1(O2)Oc2c(Cl)c(Cl)c(Cl)c(Cl)c2O1. The Hall–Kier alpha value is 0.177. The van der Waals surface area contributed by atoms with Crippen molar-refractivity contribution in [3.63, 3.8) is 0 Å². The third-order valence-corrected chi connectivity index (χ3v) is 8.63. The van der Waals surface area contributed by atoms with Gasteiger partial charge in [-0.2, -0.15) is 0 Å². The predicted octanol–water partition coefficient (Wildman–Crippen LogP) is 7.59. The van der Waals surface area contributed by atoms with E-state index in [9.17, 15) is 0 Å². The lowest BCUT2D eigenvalue weighted by Gasteiger charge is -2.12. The van der Waals surface area contributed by atoms with Crippen LogP contribution in [0.25, 0.3) is 0 Å². The third-order valence-electron chi connectivity index (χ3n) is 3.27. The molecule has 1 spiro atoms. The summed E-state index contributed by atoms with van der Waals surface area (Å²) in [5, 5.41) is -0.0324. The Morgan fingerprint density at radius 3 is 0.760 bits per heavy atom. The fourth-order valence-electron chi connectivity index (χ4n) is 2.17. The Morgan fingerprint density at radius 1 is 0.360 bits per heavy atom. The van der Waals surface area contributed by atoms with Gasteiger partial charge in [0, 0.05) is 0 Å². The highest BCUT2D eigenvalue weighted by Gasteiger charge is 2.68. The Balaban J connectivity index is 1.83. The summed E-state index contributed by atoms with van der Waals surface area (Å²) in [4.78, 5) is 0. The molecule has 2 heterocycles. The smallest absolute Gasteiger partial charge is 0.447 e. The zero-order valence-corrected chi connectivity index (χ0v) is 18.2. The van der Waals surface area contributed by atoms with E-state index in [4.69, 9.17) is 111 Å². The third kappa shape index (κ3) is 2.56. The maximum Gasteiger partial charge on any atom is 0.967 e. The van der Waals surface area contributed by atoms with E-state index < -0.39 is 9.05 Å². The second-order valence-corrected chi connectivity index (χ2v) is 9.58. The zero-order valence-electron chi connectivity index (χ0n) is 11.2. The quantitative estimate of drug-likeness (QED) is 0.204. The molecule has 0 saturated carbocycles. The minimum atomic E-state index is -3.87. The van der Waals surface area contributed by atoms with Gasteiger partial charge in [0.25, 0.3) is 0 Å². The molecule has 4 nitrogen and oxygen atoms in total. The lowest BCUT2D eigenvalue weighted by atomic mass is 10.3. The van der Waals surface area contributed by atoms with Crippen LogP contribution in [0, 0.1) is 0 Å². The first-order valence-electron chi connectivity index (χ1n) is 6.14. The standard InChI is InChI=1S/C12Cl8O4Si/c13-1-2(14)6(18)10-9(5(1)17)21-25(22-10)23-11-7(19)3(15)4(16)8(20)12(11)24-25. The maximum atomic E-state index is 6.14. The first-order valence-corrected chi connectivity index (χ1v) is 10.8. The number of rotatable bonds is 0. The van der Waals surface area contributed by atoms with E-state index in [0.717, 1.165) is 0 Å². The molecular formula is C12Cl8O4Si. The lowest BCUT2D eigenvalue weighted by molar-refractivity contribution is 0.224. The summed E-state index contributed by atoms with van der Waals surface area (Å²) in [6, 6.07) is 0. The molecule has 2 aliphatic rings. The topological polar surface area (TPSA) is 36.9 Å². The highest BCUT2D eigenvalue weighted by atomic mass is 35.5. The van der Waals surface area contributed by atoms with Crippen LogP contribution in [-0.2, 0) is 0 Å². The molecule has 0 saturated heterocycles. The molecule has 0 radical (unpaired) electrons. The van der Waals surface area contributed by atoms with Crippen LogP contribution in [0.4, 0.5) is 0 Å². The Bertz CT molecular complexity index is 811. The molecular weight excluding hydrogens is 520 g/mol. The average Bonchev–Trinajstić information content (AvgIpc) is 3.16. The van der Waals surface area contributed by atoms with Crippen molar-refractivity contribution in [2.45, 2.75) is 0 Å². The van der Waals surface area contributed by atoms with Crippen LogP contribution in [-0.4, -0.2) is 9.05 Å². The molecule has 0 fully saturated rings.